The molecule has 1 atom stereocenters. The maximum atomic E-state index is 12.4. The maximum absolute atomic E-state index is 12.4. The largest absolute Gasteiger partial charge is 0.352 e. The van der Waals surface area contributed by atoms with Crippen LogP contribution >= 0.6 is 12.4 Å². The molecule has 1 aromatic rings. The van der Waals surface area contributed by atoms with Gasteiger partial charge in [-0.1, -0.05) is 0 Å². The second-order valence-electron chi connectivity index (χ2n) is 6.56. The monoisotopic (exact) mass is 389 g/mol. The van der Waals surface area contributed by atoms with Gasteiger partial charge in [0.05, 0.1) is 4.90 Å². The summed E-state index contributed by atoms with van der Waals surface area (Å²) < 4.78 is 26.1. The Morgan fingerprint density at radius 3 is 2.48 bits per heavy atom. The fraction of sp³-hybridized carbons (Fsp3) is 0.588. The number of carbonyl (C=O) groups excluding carboxylic acids is 1. The van der Waals surface area contributed by atoms with Gasteiger partial charge >= 0.3 is 0 Å². The van der Waals surface area contributed by atoms with Crippen molar-refractivity contribution in [3.8, 4) is 0 Å². The number of halogens is 1. The Bertz CT molecular complexity index is 656. The molecular formula is C17H28ClN3O3S. The Morgan fingerprint density at radius 1 is 1.32 bits per heavy atom. The van der Waals surface area contributed by atoms with Gasteiger partial charge in [-0.3, -0.25) is 4.79 Å². The van der Waals surface area contributed by atoms with Gasteiger partial charge in [0.25, 0.3) is 5.91 Å². The highest BCUT2D eigenvalue weighted by Gasteiger charge is 2.23. The summed E-state index contributed by atoms with van der Waals surface area (Å²) in [6, 6.07) is 5.99. The molecule has 1 saturated heterocycles. The molecule has 1 aliphatic heterocycles. The van der Waals surface area contributed by atoms with Crippen LogP contribution in [-0.2, 0) is 10.0 Å². The summed E-state index contributed by atoms with van der Waals surface area (Å²) in [6.45, 7) is 6.26. The van der Waals surface area contributed by atoms with E-state index in [1.807, 2.05) is 13.8 Å². The Kier molecular flexibility index (Phi) is 8.34. The Balaban J connectivity index is 0.00000312. The van der Waals surface area contributed by atoms with E-state index >= 15 is 0 Å². The molecule has 0 radical (unpaired) electrons. The van der Waals surface area contributed by atoms with Crippen molar-refractivity contribution in [3.63, 3.8) is 0 Å². The van der Waals surface area contributed by atoms with Crippen molar-refractivity contribution < 1.29 is 13.2 Å². The first-order valence-corrected chi connectivity index (χ1v) is 9.83. The molecular weight excluding hydrogens is 362 g/mol. The van der Waals surface area contributed by atoms with Gasteiger partial charge in [0, 0.05) is 25.2 Å². The predicted molar refractivity (Wildman–Crippen MR) is 102 cm³/mol. The Labute approximate surface area is 156 Å². The van der Waals surface area contributed by atoms with Gasteiger partial charge in [0.15, 0.2) is 0 Å². The van der Waals surface area contributed by atoms with Crippen LogP contribution in [0.3, 0.4) is 0 Å². The number of hydrogen-bond donors (Lipinski definition) is 2. The molecule has 2 N–H and O–H groups in total. The molecule has 0 aromatic heterocycles. The zero-order chi connectivity index (χ0) is 17.7. The molecule has 6 nitrogen and oxygen atoms in total. The average molecular weight is 390 g/mol. The smallest absolute Gasteiger partial charge is 0.251 e. The minimum atomic E-state index is -3.52. The molecule has 8 heteroatoms. The lowest BCUT2D eigenvalue weighted by atomic mass is 10.00. The van der Waals surface area contributed by atoms with Gasteiger partial charge in [0.1, 0.15) is 0 Å². The van der Waals surface area contributed by atoms with Crippen LogP contribution < -0.4 is 10.6 Å². The number of piperidine rings is 1. The molecule has 0 saturated carbocycles. The summed E-state index contributed by atoms with van der Waals surface area (Å²) in [4.78, 5) is 12.4. The third kappa shape index (κ3) is 5.67. The summed E-state index contributed by atoms with van der Waals surface area (Å²) in [5.74, 6) is 0.295. The standard InChI is InChI=1S/C17H27N3O3S.ClH/c1-13(2)20(3)24(22,23)16-8-6-15(7-9-16)17(21)19-12-14-5-4-10-18-11-14;/h6-9,13-14,18H,4-5,10-12H2,1-3H3,(H,19,21);1H. The quantitative estimate of drug-likeness (QED) is 0.778. The normalized spacial score (nSPS) is 18.0. The third-order valence-corrected chi connectivity index (χ3v) is 6.52. The molecule has 2 rings (SSSR count). The molecule has 142 valence electrons. The molecule has 1 amide bonds. The molecule has 1 fully saturated rings. The van der Waals surface area contributed by atoms with Gasteiger partial charge in [-0.2, -0.15) is 4.31 Å². The SMILES string of the molecule is CC(C)N(C)S(=O)(=O)c1ccc(C(=O)NCC2CCCNC2)cc1.Cl. The van der Waals surface area contributed by atoms with Crippen molar-refractivity contribution in [1.29, 1.82) is 0 Å². The van der Waals surface area contributed by atoms with E-state index in [0.29, 0.717) is 18.0 Å². The van der Waals surface area contributed by atoms with Crippen LogP contribution in [-0.4, -0.2) is 51.4 Å². The van der Waals surface area contributed by atoms with E-state index < -0.39 is 10.0 Å². The topological polar surface area (TPSA) is 78.5 Å². The summed E-state index contributed by atoms with van der Waals surface area (Å²) in [6.07, 6.45) is 2.25. The van der Waals surface area contributed by atoms with Gasteiger partial charge in [-0.15, -0.1) is 12.4 Å². The van der Waals surface area contributed by atoms with E-state index in [1.165, 1.54) is 16.4 Å². The van der Waals surface area contributed by atoms with Crippen molar-refractivity contribution in [2.45, 2.75) is 37.6 Å². The van der Waals surface area contributed by atoms with Gasteiger partial charge in [-0.25, -0.2) is 8.42 Å². The Hall–Kier alpha value is -1.15. The number of nitrogens with one attached hydrogen (secondary N) is 2. The summed E-state index contributed by atoms with van der Waals surface area (Å²) in [5, 5.41) is 6.25. The first kappa shape index (κ1) is 21.9. The number of amides is 1. The molecule has 1 unspecified atom stereocenters. The lowest BCUT2D eigenvalue weighted by molar-refractivity contribution is 0.0944. The number of sulfonamides is 1. The molecule has 1 aliphatic rings. The van der Waals surface area contributed by atoms with Crippen LogP contribution in [0.4, 0.5) is 0 Å². The second-order valence-corrected chi connectivity index (χ2v) is 8.56. The zero-order valence-corrected chi connectivity index (χ0v) is 16.6. The number of carbonyl (C=O) groups is 1. The molecule has 0 bridgehead atoms. The van der Waals surface area contributed by atoms with Crippen LogP contribution in [0.25, 0.3) is 0 Å². The van der Waals surface area contributed by atoms with Crippen molar-refractivity contribution in [3.05, 3.63) is 29.8 Å². The van der Waals surface area contributed by atoms with E-state index in [9.17, 15) is 13.2 Å². The highest BCUT2D eigenvalue weighted by Crippen LogP contribution is 2.17. The summed E-state index contributed by atoms with van der Waals surface area (Å²) >= 11 is 0. The summed E-state index contributed by atoms with van der Waals surface area (Å²) in [7, 11) is -1.96. The van der Waals surface area contributed by atoms with E-state index in [-0.39, 0.29) is 29.3 Å². The third-order valence-electron chi connectivity index (χ3n) is 4.47. The summed E-state index contributed by atoms with van der Waals surface area (Å²) in [5.41, 5.74) is 0.477. The number of nitrogens with zero attached hydrogens (tertiary/aromatic N) is 1. The van der Waals surface area contributed by atoms with Gasteiger partial charge < -0.3 is 10.6 Å². The first-order chi connectivity index (χ1) is 11.3. The molecule has 0 aliphatic carbocycles. The minimum Gasteiger partial charge on any atom is -0.352 e. The predicted octanol–water partition coefficient (Wildman–Crippen LogP) is 1.87. The molecule has 1 heterocycles. The highest BCUT2D eigenvalue weighted by atomic mass is 35.5. The molecule has 25 heavy (non-hydrogen) atoms. The fourth-order valence-electron chi connectivity index (χ4n) is 2.66. The molecule has 0 spiro atoms. The van der Waals surface area contributed by atoms with Crippen LogP contribution in [0.5, 0.6) is 0 Å². The zero-order valence-electron chi connectivity index (χ0n) is 15.0. The van der Waals surface area contributed by atoms with Crippen LogP contribution in [0, 0.1) is 5.92 Å². The first-order valence-electron chi connectivity index (χ1n) is 8.39. The fourth-order valence-corrected chi connectivity index (χ4v) is 4.03. The van der Waals surface area contributed by atoms with E-state index in [1.54, 1.807) is 19.2 Å². The van der Waals surface area contributed by atoms with Crippen LogP contribution in [0.15, 0.2) is 29.2 Å². The van der Waals surface area contributed by atoms with E-state index in [4.69, 9.17) is 0 Å². The van der Waals surface area contributed by atoms with Crippen molar-refractivity contribution in [2.75, 3.05) is 26.7 Å². The minimum absolute atomic E-state index is 0. The van der Waals surface area contributed by atoms with Crippen LogP contribution in [0.1, 0.15) is 37.0 Å². The van der Waals surface area contributed by atoms with Crippen molar-refractivity contribution in [1.82, 2.24) is 14.9 Å². The maximum Gasteiger partial charge on any atom is 0.251 e. The highest BCUT2D eigenvalue weighted by molar-refractivity contribution is 7.89. The van der Waals surface area contributed by atoms with E-state index in [0.717, 1.165) is 25.9 Å². The van der Waals surface area contributed by atoms with Crippen molar-refractivity contribution >= 4 is 28.3 Å². The lowest BCUT2D eigenvalue weighted by Crippen LogP contribution is -2.38. The van der Waals surface area contributed by atoms with E-state index in [2.05, 4.69) is 10.6 Å². The van der Waals surface area contributed by atoms with Crippen molar-refractivity contribution in [2.24, 2.45) is 5.92 Å². The van der Waals surface area contributed by atoms with Crippen LogP contribution in [0.2, 0.25) is 0 Å². The van der Waals surface area contributed by atoms with Gasteiger partial charge in [0.2, 0.25) is 10.0 Å². The number of benzene rings is 1. The number of rotatable bonds is 6. The number of hydrogen-bond acceptors (Lipinski definition) is 4. The Morgan fingerprint density at radius 2 is 1.96 bits per heavy atom. The lowest BCUT2D eigenvalue weighted by Gasteiger charge is -2.23. The van der Waals surface area contributed by atoms with Gasteiger partial charge in [-0.05, 0) is 70.0 Å². The molecule has 1 aromatic carbocycles. The average Bonchev–Trinajstić information content (AvgIpc) is 2.59. The second kappa shape index (κ2) is 9.52.